The van der Waals surface area contributed by atoms with E-state index in [1.54, 1.807) is 0 Å². The van der Waals surface area contributed by atoms with Gasteiger partial charge in [0.1, 0.15) is 22.3 Å². The minimum atomic E-state index is -0.400. The lowest BCUT2D eigenvalue weighted by molar-refractivity contribution is 0.600. The maximum atomic E-state index is 7.17. The van der Waals surface area contributed by atoms with Gasteiger partial charge in [0.15, 0.2) is 0 Å². The number of benzene rings is 12. The Kier molecular flexibility index (Phi) is 9.59. The molecule has 0 atom stereocenters. The molecular formula is C84H62N2O2. The van der Waals surface area contributed by atoms with Crippen LogP contribution in [-0.2, 0) is 21.7 Å². The van der Waals surface area contributed by atoms with Gasteiger partial charge in [-0.05, 0) is 168 Å². The minimum Gasteiger partial charge on any atom is -0.455 e. The van der Waals surface area contributed by atoms with Gasteiger partial charge in [0.25, 0.3) is 0 Å². The van der Waals surface area contributed by atoms with Crippen molar-refractivity contribution in [2.75, 3.05) is 4.90 Å². The molecule has 0 spiro atoms. The van der Waals surface area contributed by atoms with Crippen LogP contribution >= 0.6 is 0 Å². The second kappa shape index (κ2) is 16.9. The molecule has 15 aromatic rings. The van der Waals surface area contributed by atoms with Crippen LogP contribution in [0.5, 0.6) is 0 Å². The maximum absolute atomic E-state index is 7.17. The standard InChI is InChI=1S/C84H62N2O2/c1-81(2)62-29-17-12-24-52(62)53-38-34-47(42-64(53)81)61-46-67-72(74-59-27-15-20-32-70(59)87-79(61)74)57-40-36-49(43-65(57)82(67,3)4)85(51-35-39-55-54-25-14-19-31-68(54)86(69(55)45-51)48-22-10-9-11-23-48)50-37-41-58-66(44-50)84(7,8)78-76(58)80-75(60-28-16-21-33-71(60)88-80)73-56-26-13-18-30-63(56)83(5,6)77(73)78/h9-46H,1-8H3. The number of furan rings is 2. The number of hydrogen-bond donors (Lipinski definition) is 0. The highest BCUT2D eigenvalue weighted by molar-refractivity contribution is 6.22. The van der Waals surface area contributed by atoms with Crippen molar-refractivity contribution in [2.45, 2.75) is 77.0 Å². The molecule has 420 valence electrons. The lowest BCUT2D eigenvalue weighted by Gasteiger charge is -2.32. The van der Waals surface area contributed by atoms with E-state index in [0.29, 0.717) is 0 Å². The molecule has 4 aliphatic rings. The summed E-state index contributed by atoms with van der Waals surface area (Å²) < 4.78 is 16.7. The SMILES string of the molecule is CC1(C)c2ccccc2-c2ccc(-c3cc4c(c5c3oc3ccccc35)-c3ccc(N(c5ccc6c(c5)C(C)(C)c5c7c(c8c(oc9ccccc98)c5-6)-c5ccccc5C7(C)C)c5ccc6c7ccccc7n(-c7ccccc7)c6c5)cc3C4(C)C)cc21. The molecule has 3 aromatic heterocycles. The molecule has 0 N–H and O–H groups in total. The van der Waals surface area contributed by atoms with Crippen LogP contribution in [0, 0.1) is 0 Å². The highest BCUT2D eigenvalue weighted by atomic mass is 16.3. The van der Waals surface area contributed by atoms with Crippen LogP contribution in [-0.4, -0.2) is 4.57 Å². The Morgan fingerprint density at radius 1 is 0.307 bits per heavy atom. The summed E-state index contributed by atoms with van der Waals surface area (Å²) in [7, 11) is 0. The van der Waals surface area contributed by atoms with E-state index in [4.69, 9.17) is 8.83 Å². The fourth-order valence-corrected chi connectivity index (χ4v) is 17.4. The molecule has 4 nitrogen and oxygen atoms in total. The van der Waals surface area contributed by atoms with E-state index < -0.39 is 10.8 Å². The molecule has 4 aliphatic carbocycles. The zero-order valence-electron chi connectivity index (χ0n) is 50.7. The zero-order chi connectivity index (χ0) is 59.1. The van der Waals surface area contributed by atoms with Crippen molar-refractivity contribution in [1.29, 1.82) is 0 Å². The van der Waals surface area contributed by atoms with Gasteiger partial charge >= 0.3 is 0 Å². The summed E-state index contributed by atoms with van der Waals surface area (Å²) in [5, 5.41) is 7.15. The molecular weight excluding hydrogens is 1070 g/mol. The van der Waals surface area contributed by atoms with Crippen molar-refractivity contribution in [3.05, 3.63) is 275 Å². The third kappa shape index (κ3) is 6.24. The number of anilines is 3. The van der Waals surface area contributed by atoms with Crippen molar-refractivity contribution in [2.24, 2.45) is 0 Å². The Morgan fingerprint density at radius 3 is 1.51 bits per heavy atom. The summed E-state index contributed by atoms with van der Waals surface area (Å²) in [6, 6.07) is 86.3. The third-order valence-corrected chi connectivity index (χ3v) is 21.5. The van der Waals surface area contributed by atoms with Gasteiger partial charge in [0.2, 0.25) is 0 Å². The van der Waals surface area contributed by atoms with Crippen molar-refractivity contribution >= 4 is 82.7 Å². The summed E-state index contributed by atoms with van der Waals surface area (Å²) in [6.45, 7) is 19.4. The van der Waals surface area contributed by atoms with Crippen LogP contribution in [0.2, 0.25) is 0 Å². The van der Waals surface area contributed by atoms with Crippen molar-refractivity contribution in [3.63, 3.8) is 0 Å². The van der Waals surface area contributed by atoms with Gasteiger partial charge in [-0.25, -0.2) is 0 Å². The Labute approximate surface area is 511 Å². The average Bonchev–Trinajstić information content (AvgIpc) is 1.51. The molecule has 0 aliphatic heterocycles. The summed E-state index contributed by atoms with van der Waals surface area (Å²) >= 11 is 0. The predicted molar refractivity (Wildman–Crippen MR) is 366 cm³/mol. The van der Waals surface area contributed by atoms with Crippen LogP contribution in [0.25, 0.3) is 127 Å². The van der Waals surface area contributed by atoms with Gasteiger partial charge in [-0.15, -0.1) is 0 Å². The summed E-state index contributed by atoms with van der Waals surface area (Å²) in [6.07, 6.45) is 0. The zero-order valence-corrected chi connectivity index (χ0v) is 50.7. The first-order valence-corrected chi connectivity index (χ1v) is 31.2. The largest absolute Gasteiger partial charge is 0.455 e. The summed E-state index contributed by atoms with van der Waals surface area (Å²) in [5.41, 5.74) is 32.6. The minimum absolute atomic E-state index is 0.144. The van der Waals surface area contributed by atoms with Gasteiger partial charge in [0.05, 0.1) is 11.0 Å². The molecule has 0 saturated heterocycles. The van der Waals surface area contributed by atoms with E-state index in [2.05, 4.69) is 295 Å². The normalized spacial score (nSPS) is 15.6. The highest BCUT2D eigenvalue weighted by Gasteiger charge is 2.49. The second-order valence-electron chi connectivity index (χ2n) is 27.5. The Hall–Kier alpha value is -10.2. The molecule has 0 fully saturated rings. The Bertz CT molecular complexity index is 5640. The monoisotopic (exact) mass is 1130 g/mol. The lowest BCUT2D eigenvalue weighted by Crippen LogP contribution is -2.24. The van der Waals surface area contributed by atoms with E-state index in [9.17, 15) is 0 Å². The first-order chi connectivity index (χ1) is 42.7. The molecule has 0 amide bonds. The van der Waals surface area contributed by atoms with Gasteiger partial charge in [0, 0.05) is 87.9 Å². The van der Waals surface area contributed by atoms with Gasteiger partial charge < -0.3 is 18.3 Å². The molecule has 19 rings (SSSR count). The molecule has 0 saturated carbocycles. The van der Waals surface area contributed by atoms with E-state index >= 15 is 0 Å². The first-order valence-electron chi connectivity index (χ1n) is 31.2. The van der Waals surface area contributed by atoms with E-state index in [-0.39, 0.29) is 10.8 Å². The molecule has 12 aromatic carbocycles. The van der Waals surface area contributed by atoms with Gasteiger partial charge in [-0.2, -0.15) is 0 Å². The molecule has 88 heavy (non-hydrogen) atoms. The molecule has 4 heteroatoms. The first kappa shape index (κ1) is 50.0. The van der Waals surface area contributed by atoms with E-state index in [1.165, 1.54) is 127 Å². The summed E-state index contributed by atoms with van der Waals surface area (Å²) in [5.74, 6) is 0. The Balaban J connectivity index is 0.839. The smallest absolute Gasteiger partial charge is 0.144 e. The predicted octanol–water partition coefficient (Wildman–Crippen LogP) is 22.9. The van der Waals surface area contributed by atoms with E-state index in [0.717, 1.165) is 61.5 Å². The Morgan fingerprint density at radius 2 is 0.784 bits per heavy atom. The van der Waals surface area contributed by atoms with Crippen molar-refractivity contribution < 1.29 is 8.83 Å². The number of aromatic nitrogens is 1. The fourth-order valence-electron chi connectivity index (χ4n) is 17.4. The average molecular weight is 1130 g/mol. The lowest BCUT2D eigenvalue weighted by atomic mass is 9.72. The number of fused-ring (bicyclic) bond motifs is 25. The third-order valence-electron chi connectivity index (χ3n) is 21.5. The van der Waals surface area contributed by atoms with Gasteiger partial charge in [-0.3, -0.25) is 0 Å². The van der Waals surface area contributed by atoms with Crippen LogP contribution in [0.3, 0.4) is 0 Å². The molecule has 0 unspecified atom stereocenters. The molecule has 0 radical (unpaired) electrons. The van der Waals surface area contributed by atoms with Crippen LogP contribution < -0.4 is 4.90 Å². The number of nitrogens with zero attached hydrogens (tertiary/aromatic N) is 2. The van der Waals surface area contributed by atoms with Crippen molar-refractivity contribution in [1.82, 2.24) is 4.57 Å². The highest BCUT2D eigenvalue weighted by Crippen LogP contribution is 2.64. The van der Waals surface area contributed by atoms with Gasteiger partial charge in [-0.1, -0.05) is 207 Å². The number of para-hydroxylation sites is 4. The number of rotatable bonds is 5. The van der Waals surface area contributed by atoms with Crippen molar-refractivity contribution in [3.8, 4) is 61.3 Å². The topological polar surface area (TPSA) is 34.5 Å². The van der Waals surface area contributed by atoms with Crippen LogP contribution in [0.1, 0.15) is 99.9 Å². The van der Waals surface area contributed by atoms with Crippen LogP contribution in [0.4, 0.5) is 17.1 Å². The molecule has 3 heterocycles. The maximum Gasteiger partial charge on any atom is 0.144 e. The molecule has 0 bridgehead atoms. The van der Waals surface area contributed by atoms with E-state index in [1.807, 2.05) is 0 Å². The summed E-state index contributed by atoms with van der Waals surface area (Å²) in [4.78, 5) is 2.53. The quantitative estimate of drug-likeness (QED) is 0.172. The second-order valence-corrected chi connectivity index (χ2v) is 27.5. The van der Waals surface area contributed by atoms with Crippen LogP contribution in [0.15, 0.2) is 239 Å². The fraction of sp³-hybridized carbons (Fsp3) is 0.143. The number of hydrogen-bond acceptors (Lipinski definition) is 3.